The van der Waals surface area contributed by atoms with Crippen molar-refractivity contribution in [2.75, 3.05) is 11.1 Å². The molecule has 0 saturated carbocycles. The van der Waals surface area contributed by atoms with Crippen LogP contribution in [-0.2, 0) is 4.79 Å². The average molecular weight is 471 g/mol. The van der Waals surface area contributed by atoms with Crippen LogP contribution in [-0.4, -0.2) is 21.1 Å². The quantitative estimate of drug-likeness (QED) is 0.442. The Balaban J connectivity index is 2.02. The van der Waals surface area contributed by atoms with Crippen molar-refractivity contribution in [3.05, 3.63) is 64.8 Å². The van der Waals surface area contributed by atoms with Crippen LogP contribution in [0.4, 0.5) is 11.6 Å². The molecule has 0 aliphatic heterocycles. The van der Waals surface area contributed by atoms with Crippen molar-refractivity contribution in [3.8, 4) is 23.3 Å². The fourth-order valence-corrected chi connectivity index (χ4v) is 4.50. The summed E-state index contributed by atoms with van der Waals surface area (Å²) in [6, 6.07) is 17.4. The van der Waals surface area contributed by atoms with E-state index < -0.39 is 5.25 Å². The van der Waals surface area contributed by atoms with Gasteiger partial charge < -0.3 is 11.1 Å². The Kier molecular flexibility index (Phi) is 7.88. The standard InChI is InChI=1S/C26H26N6OS/c1-5-21(25(33)31-22-8-6-7-16(4)30-22)34-26-20(14-28)23(19(13-27)24(29)32-26)18-11-9-17(10-12-18)15(2)3/h6-12,15,21H,5H2,1-4H3,(H2,29,32)(H,30,31,33). The van der Waals surface area contributed by atoms with E-state index in [0.29, 0.717) is 34.3 Å². The van der Waals surface area contributed by atoms with E-state index in [1.165, 1.54) is 0 Å². The Hall–Kier alpha value is -3.88. The first-order valence-corrected chi connectivity index (χ1v) is 11.8. The molecule has 2 aromatic heterocycles. The number of aryl methyl sites for hydroxylation is 1. The van der Waals surface area contributed by atoms with Crippen LogP contribution in [0.25, 0.3) is 11.1 Å². The number of benzene rings is 1. The Morgan fingerprint density at radius 3 is 2.32 bits per heavy atom. The first-order chi connectivity index (χ1) is 16.3. The van der Waals surface area contributed by atoms with Crippen LogP contribution in [0.15, 0.2) is 47.5 Å². The number of nitrogens with one attached hydrogen (secondary N) is 1. The lowest BCUT2D eigenvalue weighted by Gasteiger charge is -2.18. The SMILES string of the molecule is CCC(Sc1nc(N)c(C#N)c(-c2ccc(C(C)C)cc2)c1C#N)C(=O)Nc1cccc(C)n1. The molecule has 0 bridgehead atoms. The number of hydrogen-bond donors (Lipinski definition) is 2. The topological polar surface area (TPSA) is 128 Å². The Morgan fingerprint density at radius 2 is 1.76 bits per heavy atom. The second-order valence-corrected chi connectivity index (χ2v) is 9.29. The third-order valence-corrected chi connectivity index (χ3v) is 6.69. The molecule has 1 atom stereocenters. The van der Waals surface area contributed by atoms with Crippen molar-refractivity contribution in [1.29, 1.82) is 10.5 Å². The van der Waals surface area contributed by atoms with Gasteiger partial charge >= 0.3 is 0 Å². The van der Waals surface area contributed by atoms with E-state index in [2.05, 4.69) is 41.3 Å². The fourth-order valence-electron chi connectivity index (χ4n) is 3.48. The van der Waals surface area contributed by atoms with E-state index in [0.717, 1.165) is 23.0 Å². The maximum absolute atomic E-state index is 13.0. The number of nitriles is 2. The number of hydrogen-bond acceptors (Lipinski definition) is 7. The number of carbonyl (C=O) groups is 1. The van der Waals surface area contributed by atoms with Crippen LogP contribution in [0.2, 0.25) is 0 Å². The predicted molar refractivity (Wildman–Crippen MR) is 135 cm³/mol. The zero-order chi connectivity index (χ0) is 24.8. The minimum atomic E-state index is -0.537. The summed E-state index contributed by atoms with van der Waals surface area (Å²) < 4.78 is 0. The molecule has 7 nitrogen and oxygen atoms in total. The van der Waals surface area contributed by atoms with Crippen LogP contribution in [0.3, 0.4) is 0 Å². The predicted octanol–water partition coefficient (Wildman–Crippen LogP) is 5.41. The van der Waals surface area contributed by atoms with Gasteiger partial charge in [0.15, 0.2) is 0 Å². The smallest absolute Gasteiger partial charge is 0.239 e. The van der Waals surface area contributed by atoms with Gasteiger partial charge in [-0.15, -0.1) is 0 Å². The van der Waals surface area contributed by atoms with Crippen LogP contribution >= 0.6 is 11.8 Å². The number of anilines is 2. The third kappa shape index (κ3) is 5.36. The van der Waals surface area contributed by atoms with Gasteiger partial charge in [-0.3, -0.25) is 4.79 Å². The van der Waals surface area contributed by atoms with Gasteiger partial charge in [-0.1, -0.05) is 62.9 Å². The van der Waals surface area contributed by atoms with Crippen molar-refractivity contribution < 1.29 is 4.79 Å². The largest absolute Gasteiger partial charge is 0.383 e. The van der Waals surface area contributed by atoms with Gasteiger partial charge in [-0.2, -0.15) is 10.5 Å². The number of aromatic nitrogens is 2. The highest BCUT2D eigenvalue weighted by Gasteiger charge is 2.25. The summed E-state index contributed by atoms with van der Waals surface area (Å²) in [5, 5.41) is 22.4. The summed E-state index contributed by atoms with van der Waals surface area (Å²) in [6.07, 6.45) is 0.493. The zero-order valence-corrected chi connectivity index (χ0v) is 20.4. The molecule has 0 spiro atoms. The van der Waals surface area contributed by atoms with Crippen molar-refractivity contribution in [1.82, 2.24) is 9.97 Å². The zero-order valence-electron chi connectivity index (χ0n) is 19.6. The highest BCUT2D eigenvalue weighted by atomic mass is 32.2. The first-order valence-electron chi connectivity index (χ1n) is 10.9. The number of nitrogens with zero attached hydrogens (tertiary/aromatic N) is 4. The number of amides is 1. The first kappa shape index (κ1) is 24.8. The molecule has 3 N–H and O–H groups in total. The number of pyridine rings is 2. The molecule has 0 aliphatic rings. The number of rotatable bonds is 7. The lowest BCUT2D eigenvalue weighted by molar-refractivity contribution is -0.115. The van der Waals surface area contributed by atoms with Gasteiger partial charge in [0.1, 0.15) is 34.4 Å². The van der Waals surface area contributed by atoms with Crippen molar-refractivity contribution in [2.45, 2.75) is 50.3 Å². The van der Waals surface area contributed by atoms with E-state index in [4.69, 9.17) is 5.73 Å². The Bertz CT molecular complexity index is 1290. The van der Waals surface area contributed by atoms with E-state index in [1.807, 2.05) is 50.2 Å². The molecule has 3 rings (SSSR count). The van der Waals surface area contributed by atoms with Crippen LogP contribution in [0, 0.1) is 29.6 Å². The lowest BCUT2D eigenvalue weighted by atomic mass is 9.94. The van der Waals surface area contributed by atoms with Crippen LogP contribution in [0.5, 0.6) is 0 Å². The molecule has 3 aromatic rings. The fraction of sp³-hybridized carbons (Fsp3) is 0.269. The maximum Gasteiger partial charge on any atom is 0.239 e. The summed E-state index contributed by atoms with van der Waals surface area (Å²) in [7, 11) is 0. The monoisotopic (exact) mass is 470 g/mol. The van der Waals surface area contributed by atoms with Gasteiger partial charge in [0, 0.05) is 11.3 Å². The van der Waals surface area contributed by atoms with E-state index in [-0.39, 0.29) is 22.9 Å². The Labute approximate surface area is 204 Å². The second-order valence-electron chi connectivity index (χ2n) is 8.10. The minimum absolute atomic E-state index is 0.0301. The van der Waals surface area contributed by atoms with E-state index in [1.54, 1.807) is 6.07 Å². The molecule has 1 amide bonds. The van der Waals surface area contributed by atoms with Gasteiger partial charge in [0.25, 0.3) is 0 Å². The van der Waals surface area contributed by atoms with Crippen LogP contribution < -0.4 is 11.1 Å². The molecule has 0 fully saturated rings. The molecule has 172 valence electrons. The maximum atomic E-state index is 13.0. The normalized spacial score (nSPS) is 11.5. The van der Waals surface area contributed by atoms with Gasteiger partial charge in [-0.25, -0.2) is 9.97 Å². The number of carbonyl (C=O) groups excluding carboxylic acids is 1. The molecular formula is C26H26N6OS. The molecule has 2 heterocycles. The van der Waals surface area contributed by atoms with Gasteiger partial charge in [0.05, 0.1) is 10.8 Å². The highest BCUT2D eigenvalue weighted by Crippen LogP contribution is 2.38. The summed E-state index contributed by atoms with van der Waals surface area (Å²) in [4.78, 5) is 21.6. The summed E-state index contributed by atoms with van der Waals surface area (Å²) in [5.74, 6) is 0.590. The van der Waals surface area contributed by atoms with Crippen molar-refractivity contribution >= 4 is 29.3 Å². The molecule has 0 saturated heterocycles. The molecule has 1 aromatic carbocycles. The van der Waals surface area contributed by atoms with E-state index >= 15 is 0 Å². The number of thioether (sulfide) groups is 1. The summed E-state index contributed by atoms with van der Waals surface area (Å²) >= 11 is 1.16. The highest BCUT2D eigenvalue weighted by molar-refractivity contribution is 8.00. The number of nitrogens with two attached hydrogens (primary N) is 1. The molecule has 34 heavy (non-hydrogen) atoms. The van der Waals surface area contributed by atoms with E-state index in [9.17, 15) is 15.3 Å². The van der Waals surface area contributed by atoms with Crippen molar-refractivity contribution in [3.63, 3.8) is 0 Å². The van der Waals surface area contributed by atoms with Crippen molar-refractivity contribution in [2.24, 2.45) is 0 Å². The van der Waals surface area contributed by atoms with Gasteiger partial charge in [0.2, 0.25) is 5.91 Å². The van der Waals surface area contributed by atoms with Crippen LogP contribution in [0.1, 0.15) is 55.5 Å². The summed E-state index contributed by atoms with van der Waals surface area (Å²) in [6.45, 7) is 7.92. The molecule has 1 unspecified atom stereocenters. The Morgan fingerprint density at radius 1 is 1.09 bits per heavy atom. The number of nitrogen functional groups attached to an aromatic ring is 1. The molecule has 0 aliphatic carbocycles. The lowest BCUT2D eigenvalue weighted by Crippen LogP contribution is -2.25. The summed E-state index contributed by atoms with van der Waals surface area (Å²) in [5.41, 5.74) is 9.60. The second kappa shape index (κ2) is 10.8. The molecule has 0 radical (unpaired) electrons. The third-order valence-electron chi connectivity index (χ3n) is 5.34. The minimum Gasteiger partial charge on any atom is -0.383 e. The average Bonchev–Trinajstić information content (AvgIpc) is 2.82. The van der Waals surface area contributed by atoms with Gasteiger partial charge in [-0.05, 0) is 42.5 Å². The molecular weight excluding hydrogens is 444 g/mol. The molecule has 8 heteroatoms.